The summed E-state index contributed by atoms with van der Waals surface area (Å²) in [6, 6.07) is 10.1. The van der Waals surface area contributed by atoms with Crippen LogP contribution in [0.25, 0.3) is 10.9 Å². The van der Waals surface area contributed by atoms with Crippen LogP contribution in [-0.2, 0) is 0 Å². The Morgan fingerprint density at radius 2 is 2.00 bits per heavy atom. The molecule has 0 atom stereocenters. The van der Waals surface area contributed by atoms with Crippen LogP contribution < -0.4 is 5.32 Å². The number of nitrogens with one attached hydrogen (secondary N) is 1. The molecule has 0 fully saturated rings. The van der Waals surface area contributed by atoms with Gasteiger partial charge in [0, 0.05) is 30.1 Å². The van der Waals surface area contributed by atoms with Crippen molar-refractivity contribution >= 4 is 16.6 Å². The van der Waals surface area contributed by atoms with Crippen LogP contribution in [0, 0.1) is 5.41 Å². The SMILES string of the molecule is CC(C)(CO)CNc1cccc2cccnc12. The van der Waals surface area contributed by atoms with Crippen molar-refractivity contribution in [2.75, 3.05) is 18.5 Å². The number of aliphatic hydroxyl groups is 1. The standard InChI is InChI=1S/C14H18N2O/c1-14(2,10-17)9-16-12-7-3-5-11-6-4-8-15-13(11)12/h3-8,16-17H,9-10H2,1-2H3. The second-order valence-electron chi connectivity index (χ2n) is 5.06. The summed E-state index contributed by atoms with van der Waals surface area (Å²) in [6.45, 7) is 4.94. The number of aromatic nitrogens is 1. The lowest BCUT2D eigenvalue weighted by atomic mass is 9.95. The third kappa shape index (κ3) is 2.74. The van der Waals surface area contributed by atoms with Crippen LogP contribution in [0.1, 0.15) is 13.8 Å². The highest BCUT2D eigenvalue weighted by atomic mass is 16.3. The van der Waals surface area contributed by atoms with Crippen LogP contribution in [0.2, 0.25) is 0 Å². The van der Waals surface area contributed by atoms with Gasteiger partial charge in [-0.2, -0.15) is 0 Å². The summed E-state index contributed by atoms with van der Waals surface area (Å²) in [5, 5.41) is 13.7. The van der Waals surface area contributed by atoms with Crippen molar-refractivity contribution in [3.63, 3.8) is 0 Å². The van der Waals surface area contributed by atoms with E-state index in [0.29, 0.717) is 0 Å². The summed E-state index contributed by atoms with van der Waals surface area (Å²) in [5.41, 5.74) is 1.87. The molecule has 2 rings (SSSR count). The first-order valence-corrected chi connectivity index (χ1v) is 5.81. The maximum atomic E-state index is 9.23. The van der Waals surface area contributed by atoms with E-state index in [9.17, 15) is 5.11 Å². The van der Waals surface area contributed by atoms with E-state index < -0.39 is 0 Å². The minimum atomic E-state index is -0.128. The minimum absolute atomic E-state index is 0.128. The fraction of sp³-hybridized carbons (Fsp3) is 0.357. The molecule has 1 heterocycles. The summed E-state index contributed by atoms with van der Waals surface area (Å²) >= 11 is 0. The van der Waals surface area contributed by atoms with E-state index in [-0.39, 0.29) is 12.0 Å². The van der Waals surface area contributed by atoms with Gasteiger partial charge in [0.25, 0.3) is 0 Å². The molecule has 0 saturated carbocycles. The minimum Gasteiger partial charge on any atom is -0.396 e. The monoisotopic (exact) mass is 230 g/mol. The van der Waals surface area contributed by atoms with Gasteiger partial charge in [-0.25, -0.2) is 0 Å². The zero-order chi connectivity index (χ0) is 12.3. The molecule has 0 radical (unpaired) electrons. The van der Waals surface area contributed by atoms with E-state index in [1.165, 1.54) is 0 Å². The molecule has 90 valence electrons. The van der Waals surface area contributed by atoms with Crippen molar-refractivity contribution in [1.82, 2.24) is 4.98 Å². The topological polar surface area (TPSA) is 45.1 Å². The summed E-state index contributed by atoms with van der Waals surface area (Å²) in [4.78, 5) is 4.38. The van der Waals surface area contributed by atoms with Crippen LogP contribution in [0.5, 0.6) is 0 Å². The first kappa shape index (κ1) is 11.9. The van der Waals surface area contributed by atoms with Crippen molar-refractivity contribution in [3.05, 3.63) is 36.5 Å². The number of rotatable bonds is 4. The molecule has 17 heavy (non-hydrogen) atoms. The Kier molecular flexibility index (Phi) is 3.29. The van der Waals surface area contributed by atoms with Crippen molar-refractivity contribution in [2.45, 2.75) is 13.8 Å². The molecule has 0 spiro atoms. The molecular formula is C14H18N2O. The fourth-order valence-corrected chi connectivity index (χ4v) is 1.64. The Morgan fingerprint density at radius 1 is 1.24 bits per heavy atom. The highest BCUT2D eigenvalue weighted by Crippen LogP contribution is 2.22. The largest absolute Gasteiger partial charge is 0.396 e. The van der Waals surface area contributed by atoms with E-state index in [4.69, 9.17) is 0 Å². The van der Waals surface area contributed by atoms with Crippen LogP contribution in [-0.4, -0.2) is 23.2 Å². The summed E-state index contributed by atoms with van der Waals surface area (Å²) in [6.07, 6.45) is 1.80. The quantitative estimate of drug-likeness (QED) is 0.848. The average molecular weight is 230 g/mol. The van der Waals surface area contributed by atoms with Gasteiger partial charge in [-0.1, -0.05) is 32.0 Å². The Bertz CT molecular complexity index is 503. The van der Waals surface area contributed by atoms with Crippen LogP contribution >= 0.6 is 0 Å². The van der Waals surface area contributed by atoms with E-state index in [0.717, 1.165) is 23.1 Å². The highest BCUT2D eigenvalue weighted by molar-refractivity contribution is 5.90. The van der Waals surface area contributed by atoms with E-state index in [1.807, 2.05) is 44.2 Å². The molecule has 2 N–H and O–H groups in total. The summed E-state index contributed by atoms with van der Waals surface area (Å²) in [5.74, 6) is 0. The van der Waals surface area contributed by atoms with Gasteiger partial charge in [0.05, 0.1) is 11.2 Å². The number of hydrogen-bond donors (Lipinski definition) is 2. The Labute approximate surface area is 102 Å². The smallest absolute Gasteiger partial charge is 0.0933 e. The average Bonchev–Trinajstić information content (AvgIpc) is 2.36. The highest BCUT2D eigenvalue weighted by Gasteiger charge is 2.16. The summed E-state index contributed by atoms with van der Waals surface area (Å²) < 4.78 is 0. The lowest BCUT2D eigenvalue weighted by Gasteiger charge is -2.22. The zero-order valence-corrected chi connectivity index (χ0v) is 10.3. The molecule has 0 aliphatic heterocycles. The maximum absolute atomic E-state index is 9.23. The van der Waals surface area contributed by atoms with E-state index >= 15 is 0 Å². The molecule has 2 aromatic rings. The van der Waals surface area contributed by atoms with Crippen molar-refractivity contribution in [3.8, 4) is 0 Å². The van der Waals surface area contributed by atoms with Gasteiger partial charge in [-0.15, -0.1) is 0 Å². The fourth-order valence-electron chi connectivity index (χ4n) is 1.64. The normalized spacial score (nSPS) is 11.7. The number of benzene rings is 1. The van der Waals surface area contributed by atoms with E-state index in [2.05, 4.69) is 10.3 Å². The predicted octanol–water partition coefficient (Wildman–Crippen LogP) is 2.67. The van der Waals surface area contributed by atoms with Gasteiger partial charge in [-0.3, -0.25) is 4.98 Å². The van der Waals surface area contributed by atoms with Gasteiger partial charge in [0.2, 0.25) is 0 Å². The first-order valence-electron chi connectivity index (χ1n) is 5.81. The lowest BCUT2D eigenvalue weighted by molar-refractivity contribution is 0.171. The third-order valence-corrected chi connectivity index (χ3v) is 2.82. The second-order valence-corrected chi connectivity index (χ2v) is 5.06. The lowest BCUT2D eigenvalue weighted by Crippen LogP contribution is -2.26. The zero-order valence-electron chi connectivity index (χ0n) is 10.3. The van der Waals surface area contributed by atoms with Crippen LogP contribution in [0.4, 0.5) is 5.69 Å². The van der Waals surface area contributed by atoms with Crippen LogP contribution in [0.3, 0.4) is 0 Å². The van der Waals surface area contributed by atoms with Gasteiger partial charge in [-0.05, 0) is 12.1 Å². The molecule has 1 aromatic carbocycles. The number of para-hydroxylation sites is 1. The maximum Gasteiger partial charge on any atom is 0.0933 e. The van der Waals surface area contributed by atoms with Crippen LogP contribution in [0.15, 0.2) is 36.5 Å². The number of fused-ring (bicyclic) bond motifs is 1. The van der Waals surface area contributed by atoms with Gasteiger partial charge in [0.1, 0.15) is 0 Å². The number of nitrogens with zero attached hydrogens (tertiary/aromatic N) is 1. The Morgan fingerprint density at radius 3 is 2.76 bits per heavy atom. The number of hydrogen-bond acceptors (Lipinski definition) is 3. The molecule has 0 unspecified atom stereocenters. The van der Waals surface area contributed by atoms with Gasteiger partial charge in [0.15, 0.2) is 0 Å². The Balaban J connectivity index is 2.24. The molecular weight excluding hydrogens is 212 g/mol. The number of anilines is 1. The third-order valence-electron chi connectivity index (χ3n) is 2.82. The molecule has 0 bridgehead atoms. The van der Waals surface area contributed by atoms with Gasteiger partial charge < -0.3 is 10.4 Å². The van der Waals surface area contributed by atoms with Crippen molar-refractivity contribution in [1.29, 1.82) is 0 Å². The summed E-state index contributed by atoms with van der Waals surface area (Å²) in [7, 11) is 0. The predicted molar refractivity (Wildman–Crippen MR) is 71.1 cm³/mol. The Hall–Kier alpha value is -1.61. The van der Waals surface area contributed by atoms with Crippen molar-refractivity contribution < 1.29 is 5.11 Å². The molecule has 3 heteroatoms. The molecule has 3 nitrogen and oxygen atoms in total. The second kappa shape index (κ2) is 4.72. The molecule has 0 saturated heterocycles. The number of pyridine rings is 1. The molecule has 1 aromatic heterocycles. The molecule has 0 aliphatic rings. The molecule has 0 amide bonds. The van der Waals surface area contributed by atoms with Crippen molar-refractivity contribution in [2.24, 2.45) is 5.41 Å². The number of aliphatic hydroxyl groups excluding tert-OH is 1. The first-order chi connectivity index (χ1) is 8.12. The van der Waals surface area contributed by atoms with E-state index in [1.54, 1.807) is 6.20 Å². The molecule has 0 aliphatic carbocycles. The van der Waals surface area contributed by atoms with Gasteiger partial charge >= 0.3 is 0 Å².